The Balaban J connectivity index is 1.43. The number of benzene rings is 1. The molecule has 1 aromatic heterocycles. The molecule has 0 radical (unpaired) electrons. The van der Waals surface area contributed by atoms with Gasteiger partial charge in [0.1, 0.15) is 5.82 Å². The maximum atomic E-state index is 12.6. The summed E-state index contributed by atoms with van der Waals surface area (Å²) in [7, 11) is 0. The highest BCUT2D eigenvalue weighted by Gasteiger charge is 2.34. The van der Waals surface area contributed by atoms with E-state index in [2.05, 4.69) is 20.6 Å². The maximum absolute atomic E-state index is 12.6. The number of nitrogens with one attached hydrogen (secondary N) is 3. The van der Waals surface area contributed by atoms with Gasteiger partial charge in [0.25, 0.3) is 0 Å². The van der Waals surface area contributed by atoms with Crippen LogP contribution in [-0.2, 0) is 11.3 Å². The minimum absolute atomic E-state index is 0.0691. The minimum atomic E-state index is -0.134. The van der Waals surface area contributed by atoms with Crippen LogP contribution in [0, 0.1) is 12.8 Å². The number of aromatic nitrogens is 2. The number of rotatable bonds is 2. The fraction of sp³-hybridized carbons (Fsp3) is 0.500. The second-order valence-corrected chi connectivity index (χ2v) is 7.05. The maximum Gasteiger partial charge on any atom is 0.317 e. The third kappa shape index (κ3) is 3.18. The number of nitrogens with zero attached hydrogens (tertiary/aromatic N) is 2. The largest absolute Gasteiger partial charge is 0.351 e. The van der Waals surface area contributed by atoms with Crippen molar-refractivity contribution in [2.24, 2.45) is 5.92 Å². The molecule has 2 aliphatic heterocycles. The van der Waals surface area contributed by atoms with Gasteiger partial charge in [-0.3, -0.25) is 4.79 Å². The zero-order valence-corrected chi connectivity index (χ0v) is 14.3. The predicted molar refractivity (Wildman–Crippen MR) is 93.9 cm³/mol. The van der Waals surface area contributed by atoms with Gasteiger partial charge >= 0.3 is 6.03 Å². The van der Waals surface area contributed by atoms with E-state index >= 15 is 0 Å². The van der Waals surface area contributed by atoms with Crippen LogP contribution in [-0.4, -0.2) is 45.9 Å². The summed E-state index contributed by atoms with van der Waals surface area (Å²) in [4.78, 5) is 34.2. The smallest absolute Gasteiger partial charge is 0.317 e. The number of aromatic amines is 1. The number of aryl methyl sites for hydroxylation is 1. The summed E-state index contributed by atoms with van der Waals surface area (Å²) >= 11 is 0. The molecule has 0 aliphatic carbocycles. The molecule has 2 fully saturated rings. The monoisotopic (exact) mass is 341 g/mol. The molecule has 2 aromatic rings. The molecule has 1 aromatic carbocycles. The first kappa shape index (κ1) is 15.9. The van der Waals surface area contributed by atoms with Gasteiger partial charge in [-0.1, -0.05) is 18.6 Å². The van der Waals surface area contributed by atoms with E-state index in [4.69, 9.17) is 0 Å². The van der Waals surface area contributed by atoms with Gasteiger partial charge in [0.15, 0.2) is 0 Å². The van der Waals surface area contributed by atoms with Crippen LogP contribution in [0.25, 0.3) is 11.0 Å². The van der Waals surface area contributed by atoms with Crippen LogP contribution in [0.2, 0.25) is 0 Å². The molecule has 2 aliphatic rings. The van der Waals surface area contributed by atoms with Gasteiger partial charge in [-0.05, 0) is 31.4 Å². The average Bonchev–Trinajstić information content (AvgIpc) is 2.83. The number of hydrogen-bond donors (Lipinski definition) is 3. The molecular weight excluding hydrogens is 318 g/mol. The summed E-state index contributed by atoms with van der Waals surface area (Å²) < 4.78 is 0. The van der Waals surface area contributed by atoms with Crippen molar-refractivity contribution in [3.63, 3.8) is 0 Å². The van der Waals surface area contributed by atoms with E-state index in [0.29, 0.717) is 19.6 Å². The highest BCUT2D eigenvalue weighted by molar-refractivity contribution is 5.82. The van der Waals surface area contributed by atoms with Crippen molar-refractivity contribution < 1.29 is 9.59 Å². The Morgan fingerprint density at radius 1 is 1.36 bits per heavy atom. The molecule has 3 amide bonds. The molecule has 3 N–H and O–H groups in total. The number of urea groups is 1. The van der Waals surface area contributed by atoms with Crippen LogP contribution in [0.1, 0.15) is 30.7 Å². The molecule has 0 saturated carbocycles. The highest BCUT2D eigenvalue weighted by Crippen LogP contribution is 2.22. The number of H-pyrrole nitrogens is 1. The number of imidazole rings is 1. The number of para-hydroxylation sites is 1. The Morgan fingerprint density at radius 3 is 3.08 bits per heavy atom. The average molecular weight is 341 g/mol. The fourth-order valence-corrected chi connectivity index (χ4v) is 3.80. The number of likely N-dealkylation sites (tertiary alicyclic amines) is 1. The van der Waals surface area contributed by atoms with E-state index in [9.17, 15) is 9.59 Å². The molecule has 4 rings (SSSR count). The molecule has 132 valence electrons. The van der Waals surface area contributed by atoms with Crippen molar-refractivity contribution in [1.29, 1.82) is 0 Å². The van der Waals surface area contributed by atoms with Crippen molar-refractivity contribution in [2.45, 2.75) is 38.8 Å². The lowest BCUT2D eigenvalue weighted by Gasteiger charge is -2.27. The first-order valence-electron chi connectivity index (χ1n) is 8.87. The Bertz CT molecular complexity index is 815. The fourth-order valence-electron chi connectivity index (χ4n) is 3.80. The molecule has 0 spiro atoms. The Morgan fingerprint density at radius 2 is 2.24 bits per heavy atom. The molecule has 2 bridgehead atoms. The predicted octanol–water partition coefficient (Wildman–Crippen LogP) is 1.68. The van der Waals surface area contributed by atoms with Crippen LogP contribution in [0.5, 0.6) is 0 Å². The molecule has 2 atom stereocenters. The lowest BCUT2D eigenvalue weighted by atomic mass is 9.99. The van der Waals surface area contributed by atoms with Crippen LogP contribution in [0.15, 0.2) is 18.2 Å². The zero-order valence-electron chi connectivity index (χ0n) is 14.3. The van der Waals surface area contributed by atoms with Gasteiger partial charge in [-0.2, -0.15) is 0 Å². The molecule has 2 saturated heterocycles. The van der Waals surface area contributed by atoms with Crippen molar-refractivity contribution in [3.8, 4) is 0 Å². The third-order valence-corrected chi connectivity index (χ3v) is 5.16. The lowest BCUT2D eigenvalue weighted by molar-refractivity contribution is -0.124. The highest BCUT2D eigenvalue weighted by atomic mass is 16.2. The molecular formula is C18H23N5O2. The van der Waals surface area contributed by atoms with Gasteiger partial charge < -0.3 is 20.5 Å². The van der Waals surface area contributed by atoms with Gasteiger partial charge in [0.2, 0.25) is 5.91 Å². The van der Waals surface area contributed by atoms with Crippen LogP contribution < -0.4 is 10.6 Å². The first-order chi connectivity index (χ1) is 12.1. The number of carbonyl (C=O) groups is 2. The Labute approximate surface area is 146 Å². The number of carbonyl (C=O) groups excluding carboxylic acids is 2. The number of amides is 3. The third-order valence-electron chi connectivity index (χ3n) is 5.16. The summed E-state index contributed by atoms with van der Waals surface area (Å²) in [6, 6.07) is 5.92. The van der Waals surface area contributed by atoms with E-state index in [-0.39, 0.29) is 23.9 Å². The van der Waals surface area contributed by atoms with Gasteiger partial charge in [0, 0.05) is 19.1 Å². The van der Waals surface area contributed by atoms with Crippen molar-refractivity contribution in [2.75, 3.05) is 13.1 Å². The standard InChI is InChI=1S/C18H23N5O2/c1-11-4-2-7-14-16(11)22-15(21-14)8-19-18(25)23-9-12-5-3-6-13(10-23)20-17(12)24/h2,4,7,12-13H,3,5-6,8-10H2,1H3,(H,19,25)(H,20,24)(H,21,22)/t12-,13+/m1/s1. The first-order valence-corrected chi connectivity index (χ1v) is 8.87. The van der Waals surface area contributed by atoms with E-state index < -0.39 is 0 Å². The number of fused-ring (bicyclic) bond motifs is 4. The second-order valence-electron chi connectivity index (χ2n) is 7.05. The Kier molecular flexibility index (Phi) is 4.07. The van der Waals surface area contributed by atoms with Crippen LogP contribution in [0.4, 0.5) is 4.79 Å². The van der Waals surface area contributed by atoms with Crippen molar-refractivity contribution in [3.05, 3.63) is 29.6 Å². The van der Waals surface area contributed by atoms with Gasteiger partial charge in [0.05, 0.1) is 23.5 Å². The quantitative estimate of drug-likeness (QED) is 0.776. The zero-order chi connectivity index (χ0) is 17.4. The molecule has 7 heteroatoms. The Hall–Kier alpha value is -2.57. The van der Waals surface area contributed by atoms with E-state index in [1.54, 1.807) is 4.90 Å². The number of hydrogen-bond acceptors (Lipinski definition) is 3. The summed E-state index contributed by atoms with van der Waals surface area (Å²) in [5.41, 5.74) is 3.02. The lowest BCUT2D eigenvalue weighted by Crippen LogP contribution is -2.46. The topological polar surface area (TPSA) is 90.1 Å². The molecule has 0 unspecified atom stereocenters. The SMILES string of the molecule is Cc1cccc2[nH]c(CNC(=O)N3C[C@@H]4CCC[C@H](C3)C(=O)N4)nc12. The molecule has 3 heterocycles. The van der Waals surface area contributed by atoms with E-state index in [1.165, 1.54) is 0 Å². The van der Waals surface area contributed by atoms with Crippen LogP contribution >= 0.6 is 0 Å². The van der Waals surface area contributed by atoms with Crippen molar-refractivity contribution >= 4 is 23.0 Å². The van der Waals surface area contributed by atoms with Crippen LogP contribution in [0.3, 0.4) is 0 Å². The minimum Gasteiger partial charge on any atom is -0.351 e. The summed E-state index contributed by atoms with van der Waals surface area (Å²) in [6.07, 6.45) is 2.84. The molecule has 25 heavy (non-hydrogen) atoms. The molecule has 7 nitrogen and oxygen atoms in total. The van der Waals surface area contributed by atoms with Crippen molar-refractivity contribution in [1.82, 2.24) is 25.5 Å². The van der Waals surface area contributed by atoms with E-state index in [0.717, 1.165) is 41.7 Å². The summed E-state index contributed by atoms with van der Waals surface area (Å²) in [5.74, 6) is 0.736. The normalized spacial score (nSPS) is 23.2. The summed E-state index contributed by atoms with van der Waals surface area (Å²) in [5, 5.41) is 5.98. The summed E-state index contributed by atoms with van der Waals surface area (Å²) in [6.45, 7) is 3.44. The van der Waals surface area contributed by atoms with Gasteiger partial charge in [-0.15, -0.1) is 0 Å². The van der Waals surface area contributed by atoms with E-state index in [1.807, 2.05) is 25.1 Å². The van der Waals surface area contributed by atoms with Gasteiger partial charge in [-0.25, -0.2) is 9.78 Å². The second kappa shape index (κ2) is 6.38.